The molecular weight excluding hydrogens is 332 g/mol. The normalized spacial score (nSPS) is 14.9. The third-order valence-electron chi connectivity index (χ3n) is 5.18. The van der Waals surface area contributed by atoms with Crippen molar-refractivity contribution in [2.75, 3.05) is 37.7 Å². The standard InChI is InChI=1S/C24H24N2O/c1-2-18-27-24-13-12-20-8-6-7-11-22(20)23(24)19-25-14-16-26(17-15-25)21-9-4-3-5-10-21/h1,3-13H,14-19H2. The zero-order valence-corrected chi connectivity index (χ0v) is 15.5. The van der Waals surface area contributed by atoms with Gasteiger partial charge in [0.05, 0.1) is 0 Å². The van der Waals surface area contributed by atoms with E-state index in [1.165, 1.54) is 22.0 Å². The van der Waals surface area contributed by atoms with Gasteiger partial charge in [-0.2, -0.15) is 0 Å². The molecule has 3 nitrogen and oxygen atoms in total. The molecule has 3 aromatic carbocycles. The maximum Gasteiger partial charge on any atom is 0.148 e. The average Bonchev–Trinajstić information content (AvgIpc) is 2.74. The van der Waals surface area contributed by atoms with Crippen LogP contribution in [0.3, 0.4) is 0 Å². The van der Waals surface area contributed by atoms with Crippen molar-refractivity contribution in [3.05, 3.63) is 72.3 Å². The smallest absolute Gasteiger partial charge is 0.148 e. The van der Waals surface area contributed by atoms with Crippen molar-refractivity contribution in [1.29, 1.82) is 0 Å². The summed E-state index contributed by atoms with van der Waals surface area (Å²) >= 11 is 0. The van der Waals surface area contributed by atoms with Crippen molar-refractivity contribution in [1.82, 2.24) is 4.90 Å². The van der Waals surface area contributed by atoms with E-state index in [1.54, 1.807) is 0 Å². The number of ether oxygens (including phenoxy) is 1. The number of piperazine rings is 1. The molecule has 136 valence electrons. The topological polar surface area (TPSA) is 15.7 Å². The summed E-state index contributed by atoms with van der Waals surface area (Å²) in [4.78, 5) is 4.96. The van der Waals surface area contributed by atoms with Gasteiger partial charge >= 0.3 is 0 Å². The molecule has 3 heteroatoms. The van der Waals surface area contributed by atoms with Crippen LogP contribution in [0, 0.1) is 12.3 Å². The van der Waals surface area contributed by atoms with Crippen molar-refractivity contribution in [3.63, 3.8) is 0 Å². The van der Waals surface area contributed by atoms with Gasteiger partial charge in [-0.05, 0) is 29.0 Å². The monoisotopic (exact) mass is 356 g/mol. The predicted octanol–water partition coefficient (Wildman–Crippen LogP) is 4.17. The van der Waals surface area contributed by atoms with E-state index in [9.17, 15) is 0 Å². The van der Waals surface area contributed by atoms with E-state index < -0.39 is 0 Å². The maximum atomic E-state index is 5.85. The summed E-state index contributed by atoms with van der Waals surface area (Å²) in [6.07, 6.45) is 5.40. The van der Waals surface area contributed by atoms with Crippen LogP contribution in [0.5, 0.6) is 5.75 Å². The number of fused-ring (bicyclic) bond motifs is 1. The Morgan fingerprint density at radius 2 is 1.59 bits per heavy atom. The molecular formula is C24H24N2O. The summed E-state index contributed by atoms with van der Waals surface area (Å²) in [6.45, 7) is 5.32. The summed E-state index contributed by atoms with van der Waals surface area (Å²) in [5.41, 5.74) is 2.54. The summed E-state index contributed by atoms with van der Waals surface area (Å²) in [7, 11) is 0. The average molecular weight is 356 g/mol. The van der Waals surface area contributed by atoms with E-state index in [0.717, 1.165) is 38.5 Å². The van der Waals surface area contributed by atoms with Crippen LogP contribution in [0.2, 0.25) is 0 Å². The molecule has 1 saturated heterocycles. The molecule has 1 aliphatic heterocycles. The van der Waals surface area contributed by atoms with Gasteiger partial charge in [0, 0.05) is 44.0 Å². The minimum absolute atomic E-state index is 0.299. The lowest BCUT2D eigenvalue weighted by Crippen LogP contribution is -2.46. The highest BCUT2D eigenvalue weighted by Crippen LogP contribution is 2.30. The highest BCUT2D eigenvalue weighted by molar-refractivity contribution is 5.87. The number of nitrogens with zero attached hydrogens (tertiary/aromatic N) is 2. The van der Waals surface area contributed by atoms with Gasteiger partial charge < -0.3 is 9.64 Å². The van der Waals surface area contributed by atoms with Crippen molar-refractivity contribution in [2.24, 2.45) is 0 Å². The Labute approximate surface area is 161 Å². The molecule has 0 saturated carbocycles. The van der Waals surface area contributed by atoms with Gasteiger partial charge in [-0.25, -0.2) is 0 Å². The number of benzene rings is 3. The van der Waals surface area contributed by atoms with Gasteiger partial charge in [0.25, 0.3) is 0 Å². The summed E-state index contributed by atoms with van der Waals surface area (Å²) in [5, 5.41) is 2.49. The first-order valence-corrected chi connectivity index (χ1v) is 9.44. The molecule has 4 rings (SSSR count). The first kappa shape index (κ1) is 17.5. The highest BCUT2D eigenvalue weighted by Gasteiger charge is 2.19. The molecule has 0 unspecified atom stereocenters. The molecule has 27 heavy (non-hydrogen) atoms. The second kappa shape index (κ2) is 8.16. The van der Waals surface area contributed by atoms with Gasteiger partial charge in [0.1, 0.15) is 12.4 Å². The SMILES string of the molecule is C#CCOc1ccc2ccccc2c1CN1CCN(c2ccccc2)CC1. The van der Waals surface area contributed by atoms with Crippen molar-refractivity contribution in [3.8, 4) is 18.1 Å². The molecule has 1 fully saturated rings. The molecule has 1 heterocycles. The minimum Gasteiger partial charge on any atom is -0.481 e. The Hall–Kier alpha value is -2.96. The van der Waals surface area contributed by atoms with Gasteiger partial charge in [0.2, 0.25) is 0 Å². The maximum absolute atomic E-state index is 5.85. The molecule has 3 aromatic rings. The Balaban J connectivity index is 1.52. The van der Waals surface area contributed by atoms with Crippen molar-refractivity contribution < 1.29 is 4.74 Å². The zero-order valence-electron chi connectivity index (χ0n) is 15.5. The molecule has 0 atom stereocenters. The zero-order chi connectivity index (χ0) is 18.5. The van der Waals surface area contributed by atoms with E-state index in [2.05, 4.69) is 82.5 Å². The molecule has 0 aliphatic carbocycles. The molecule has 0 spiro atoms. The summed E-state index contributed by atoms with van der Waals surface area (Å²) in [6, 6.07) is 23.3. The predicted molar refractivity (Wildman–Crippen MR) is 112 cm³/mol. The summed E-state index contributed by atoms with van der Waals surface area (Å²) < 4.78 is 5.85. The second-order valence-corrected chi connectivity index (χ2v) is 6.85. The Morgan fingerprint density at radius 3 is 2.37 bits per heavy atom. The van der Waals surface area contributed by atoms with Gasteiger partial charge in [-0.3, -0.25) is 4.90 Å². The fraction of sp³-hybridized carbons (Fsp3) is 0.250. The van der Waals surface area contributed by atoms with Crippen LogP contribution in [0.15, 0.2) is 66.7 Å². The largest absolute Gasteiger partial charge is 0.481 e. The van der Waals surface area contributed by atoms with E-state index in [-0.39, 0.29) is 0 Å². The van der Waals surface area contributed by atoms with E-state index in [1.807, 2.05) is 0 Å². The third-order valence-corrected chi connectivity index (χ3v) is 5.18. The van der Waals surface area contributed by atoms with Crippen LogP contribution in [-0.2, 0) is 6.54 Å². The number of hydrogen-bond acceptors (Lipinski definition) is 3. The fourth-order valence-electron chi connectivity index (χ4n) is 3.76. The van der Waals surface area contributed by atoms with Crippen LogP contribution in [-0.4, -0.2) is 37.7 Å². The lowest BCUT2D eigenvalue weighted by Gasteiger charge is -2.36. The Morgan fingerprint density at radius 1 is 0.852 bits per heavy atom. The number of terminal acetylenes is 1. The van der Waals surface area contributed by atoms with E-state index in [4.69, 9.17) is 11.2 Å². The molecule has 0 radical (unpaired) electrons. The van der Waals surface area contributed by atoms with Crippen LogP contribution in [0.4, 0.5) is 5.69 Å². The minimum atomic E-state index is 0.299. The molecule has 0 aromatic heterocycles. The van der Waals surface area contributed by atoms with E-state index >= 15 is 0 Å². The first-order chi connectivity index (χ1) is 13.3. The number of anilines is 1. The molecule has 0 amide bonds. The number of para-hydroxylation sites is 1. The fourth-order valence-corrected chi connectivity index (χ4v) is 3.76. The second-order valence-electron chi connectivity index (χ2n) is 6.85. The Bertz CT molecular complexity index is 938. The van der Waals surface area contributed by atoms with E-state index in [0.29, 0.717) is 6.61 Å². The van der Waals surface area contributed by atoms with Crippen LogP contribution >= 0.6 is 0 Å². The highest BCUT2D eigenvalue weighted by atomic mass is 16.5. The van der Waals surface area contributed by atoms with Crippen LogP contribution in [0.1, 0.15) is 5.56 Å². The molecule has 0 N–H and O–H groups in total. The summed E-state index contributed by atoms with van der Waals surface area (Å²) in [5.74, 6) is 3.48. The van der Waals surface area contributed by atoms with Gasteiger partial charge in [-0.1, -0.05) is 54.5 Å². The quantitative estimate of drug-likeness (QED) is 0.638. The van der Waals surface area contributed by atoms with Crippen molar-refractivity contribution in [2.45, 2.75) is 6.54 Å². The number of hydrogen-bond donors (Lipinski definition) is 0. The third kappa shape index (κ3) is 3.92. The van der Waals surface area contributed by atoms with Crippen LogP contribution < -0.4 is 9.64 Å². The van der Waals surface area contributed by atoms with Gasteiger partial charge in [-0.15, -0.1) is 6.42 Å². The van der Waals surface area contributed by atoms with Gasteiger partial charge in [0.15, 0.2) is 0 Å². The Kier molecular flexibility index (Phi) is 5.27. The number of rotatable bonds is 5. The lowest BCUT2D eigenvalue weighted by atomic mass is 10.0. The van der Waals surface area contributed by atoms with Crippen LogP contribution in [0.25, 0.3) is 10.8 Å². The molecule has 1 aliphatic rings. The molecule has 0 bridgehead atoms. The van der Waals surface area contributed by atoms with Crippen molar-refractivity contribution >= 4 is 16.5 Å². The lowest BCUT2D eigenvalue weighted by molar-refractivity contribution is 0.246. The first-order valence-electron chi connectivity index (χ1n) is 9.44.